The second kappa shape index (κ2) is 2.35. The van der Waals surface area contributed by atoms with Crippen LogP contribution in [0, 0.1) is 23.2 Å². The monoisotopic (exact) mass is 195 g/mol. The van der Waals surface area contributed by atoms with Gasteiger partial charge >= 0.3 is 0 Å². The highest BCUT2D eigenvalue weighted by molar-refractivity contribution is 5.20. The lowest BCUT2D eigenvalue weighted by atomic mass is 9.65. The van der Waals surface area contributed by atoms with E-state index in [4.69, 9.17) is 0 Å². The van der Waals surface area contributed by atoms with E-state index in [1.54, 1.807) is 0 Å². The molecule has 2 nitrogen and oxygen atoms in total. The summed E-state index contributed by atoms with van der Waals surface area (Å²) in [5.74, 6) is 2.19. The minimum absolute atomic E-state index is 0.0133. The summed E-state index contributed by atoms with van der Waals surface area (Å²) in [7, 11) is 0. The highest BCUT2D eigenvalue weighted by Gasteiger charge is 2.67. The van der Waals surface area contributed by atoms with E-state index in [0.717, 1.165) is 18.4 Å². The Balaban J connectivity index is 2.03. The third-order valence-corrected chi connectivity index (χ3v) is 5.08. The van der Waals surface area contributed by atoms with Gasteiger partial charge in [0.2, 0.25) is 0 Å². The Kier molecular flexibility index (Phi) is 1.54. The highest BCUT2D eigenvalue weighted by Crippen LogP contribution is 2.61. The molecule has 1 saturated heterocycles. The van der Waals surface area contributed by atoms with Gasteiger partial charge in [-0.1, -0.05) is 20.8 Å². The molecular formula is C12H21NO. The lowest BCUT2D eigenvalue weighted by Crippen LogP contribution is -2.58. The Hall–Kier alpha value is -0.0800. The molecular weight excluding hydrogens is 174 g/mol. The maximum Gasteiger partial charge on any atom is 0.0878 e. The van der Waals surface area contributed by atoms with Gasteiger partial charge in [-0.15, -0.1) is 0 Å². The molecule has 14 heavy (non-hydrogen) atoms. The predicted octanol–water partition coefficient (Wildman–Crippen LogP) is 1.39. The predicted molar refractivity (Wildman–Crippen MR) is 55.9 cm³/mol. The molecule has 0 amide bonds. The largest absolute Gasteiger partial charge is 0.387 e. The molecule has 5 unspecified atom stereocenters. The van der Waals surface area contributed by atoms with Crippen molar-refractivity contribution in [3.05, 3.63) is 0 Å². The molecule has 2 saturated carbocycles. The molecule has 80 valence electrons. The van der Waals surface area contributed by atoms with E-state index in [2.05, 4.69) is 26.1 Å². The van der Waals surface area contributed by atoms with Gasteiger partial charge in [0, 0.05) is 6.04 Å². The Labute approximate surface area is 86.1 Å². The van der Waals surface area contributed by atoms with Crippen LogP contribution in [0.25, 0.3) is 0 Å². The smallest absolute Gasteiger partial charge is 0.0878 e. The molecule has 2 heteroatoms. The van der Waals surface area contributed by atoms with Gasteiger partial charge in [-0.2, -0.15) is 0 Å². The van der Waals surface area contributed by atoms with Crippen LogP contribution in [0.3, 0.4) is 0 Å². The first kappa shape index (κ1) is 9.17. The van der Waals surface area contributed by atoms with Crippen molar-refractivity contribution in [1.82, 2.24) is 5.32 Å². The zero-order chi connectivity index (χ0) is 10.1. The molecule has 5 atom stereocenters. The van der Waals surface area contributed by atoms with Gasteiger partial charge in [0.25, 0.3) is 0 Å². The standard InChI is InChI=1S/C12H21NO/c1-11(2,3)12(14)8-4-7-6-13-10(12)9(7)5-8/h7-10,13-14H,4-6H2,1-3H3. The summed E-state index contributed by atoms with van der Waals surface area (Å²) in [5.41, 5.74) is -0.440. The number of fused-ring (bicyclic) bond motifs is 1. The van der Waals surface area contributed by atoms with Crippen molar-refractivity contribution in [2.24, 2.45) is 23.2 Å². The molecule has 2 N–H and O–H groups in total. The average molecular weight is 195 g/mol. The number of aliphatic hydroxyl groups is 1. The van der Waals surface area contributed by atoms with Gasteiger partial charge in [-0.25, -0.2) is 0 Å². The first-order valence-electron chi connectivity index (χ1n) is 5.90. The summed E-state index contributed by atoms with van der Waals surface area (Å²) in [6.07, 6.45) is 2.51. The Morgan fingerprint density at radius 1 is 1.29 bits per heavy atom. The summed E-state index contributed by atoms with van der Waals surface area (Å²) in [4.78, 5) is 0. The number of hydrogen-bond donors (Lipinski definition) is 2. The zero-order valence-electron chi connectivity index (χ0n) is 9.38. The fourth-order valence-electron chi connectivity index (χ4n) is 4.40. The summed E-state index contributed by atoms with van der Waals surface area (Å²) in [6.45, 7) is 7.69. The molecule has 1 aliphatic heterocycles. The topological polar surface area (TPSA) is 32.3 Å². The molecule has 0 aromatic carbocycles. The van der Waals surface area contributed by atoms with E-state index < -0.39 is 5.60 Å². The van der Waals surface area contributed by atoms with E-state index in [1.165, 1.54) is 12.8 Å². The molecule has 0 radical (unpaired) electrons. The maximum atomic E-state index is 10.9. The summed E-state index contributed by atoms with van der Waals surface area (Å²) in [5, 5.41) is 14.5. The van der Waals surface area contributed by atoms with Gasteiger partial charge in [0.15, 0.2) is 0 Å². The Morgan fingerprint density at radius 2 is 2.00 bits per heavy atom. The summed E-state index contributed by atoms with van der Waals surface area (Å²) < 4.78 is 0. The van der Waals surface area contributed by atoms with Crippen LogP contribution in [0.4, 0.5) is 0 Å². The van der Waals surface area contributed by atoms with Crippen LogP contribution < -0.4 is 5.32 Å². The van der Waals surface area contributed by atoms with Crippen molar-refractivity contribution in [2.75, 3.05) is 6.54 Å². The third-order valence-electron chi connectivity index (χ3n) is 5.08. The molecule has 0 aromatic heterocycles. The van der Waals surface area contributed by atoms with Crippen molar-refractivity contribution in [3.63, 3.8) is 0 Å². The molecule has 3 rings (SSSR count). The number of hydrogen-bond acceptors (Lipinski definition) is 2. The minimum Gasteiger partial charge on any atom is -0.387 e. The van der Waals surface area contributed by atoms with Crippen molar-refractivity contribution < 1.29 is 5.11 Å². The van der Waals surface area contributed by atoms with Crippen LogP contribution >= 0.6 is 0 Å². The van der Waals surface area contributed by atoms with Crippen LogP contribution in [0.2, 0.25) is 0 Å². The summed E-state index contributed by atoms with van der Waals surface area (Å²) >= 11 is 0. The van der Waals surface area contributed by atoms with E-state index in [0.29, 0.717) is 12.0 Å². The second-order valence-electron chi connectivity index (χ2n) is 6.55. The van der Waals surface area contributed by atoms with Crippen molar-refractivity contribution in [3.8, 4) is 0 Å². The van der Waals surface area contributed by atoms with E-state index in [-0.39, 0.29) is 5.41 Å². The van der Waals surface area contributed by atoms with Gasteiger partial charge in [0.1, 0.15) is 0 Å². The maximum absolute atomic E-state index is 10.9. The van der Waals surface area contributed by atoms with Crippen LogP contribution in [0.15, 0.2) is 0 Å². The van der Waals surface area contributed by atoms with E-state index >= 15 is 0 Å². The number of nitrogens with one attached hydrogen (secondary N) is 1. The molecule has 3 fully saturated rings. The highest BCUT2D eigenvalue weighted by atomic mass is 16.3. The molecule has 2 aliphatic carbocycles. The second-order valence-corrected chi connectivity index (χ2v) is 6.55. The molecule has 1 heterocycles. The zero-order valence-corrected chi connectivity index (χ0v) is 9.38. The lowest BCUT2D eigenvalue weighted by molar-refractivity contribution is -0.114. The summed E-state index contributed by atoms with van der Waals surface area (Å²) in [6, 6.07) is 0.381. The van der Waals surface area contributed by atoms with Gasteiger partial charge in [0.05, 0.1) is 5.60 Å². The fraction of sp³-hybridized carbons (Fsp3) is 1.00. The van der Waals surface area contributed by atoms with Crippen LogP contribution in [0.1, 0.15) is 33.6 Å². The van der Waals surface area contributed by atoms with E-state index in [9.17, 15) is 5.11 Å². The fourth-order valence-corrected chi connectivity index (χ4v) is 4.40. The van der Waals surface area contributed by atoms with Gasteiger partial charge < -0.3 is 10.4 Å². The SMILES string of the molecule is CC(C)(C)C1(O)C2CC3CNC1C3C2. The molecule has 0 spiro atoms. The molecule has 2 bridgehead atoms. The van der Waals surface area contributed by atoms with Crippen molar-refractivity contribution in [1.29, 1.82) is 0 Å². The van der Waals surface area contributed by atoms with Crippen LogP contribution in [0.5, 0.6) is 0 Å². The van der Waals surface area contributed by atoms with Crippen molar-refractivity contribution in [2.45, 2.75) is 45.3 Å². The van der Waals surface area contributed by atoms with Crippen LogP contribution in [-0.2, 0) is 0 Å². The lowest BCUT2D eigenvalue weighted by Gasteiger charge is -2.47. The third kappa shape index (κ3) is 0.809. The Morgan fingerprint density at radius 3 is 2.64 bits per heavy atom. The minimum atomic E-state index is -0.454. The first-order valence-corrected chi connectivity index (χ1v) is 5.90. The normalized spacial score (nSPS) is 55.7. The van der Waals surface area contributed by atoms with Crippen molar-refractivity contribution >= 4 is 0 Å². The van der Waals surface area contributed by atoms with Gasteiger partial charge in [-0.05, 0) is 42.6 Å². The molecule has 0 aromatic rings. The Bertz CT molecular complexity index is 268. The average Bonchev–Trinajstić information content (AvgIpc) is 2.59. The number of rotatable bonds is 0. The van der Waals surface area contributed by atoms with E-state index in [1.807, 2.05) is 0 Å². The first-order chi connectivity index (χ1) is 6.44. The van der Waals surface area contributed by atoms with Crippen LogP contribution in [-0.4, -0.2) is 23.3 Å². The van der Waals surface area contributed by atoms with Gasteiger partial charge in [-0.3, -0.25) is 0 Å². The quantitative estimate of drug-likeness (QED) is 0.612. The molecule has 3 aliphatic rings.